The molecule has 0 bridgehead atoms. The summed E-state index contributed by atoms with van der Waals surface area (Å²) in [4.78, 5) is 17.2. The second-order valence-corrected chi connectivity index (χ2v) is 6.46. The lowest BCUT2D eigenvalue weighted by molar-refractivity contribution is -0.115. The zero-order valence-corrected chi connectivity index (χ0v) is 15.0. The van der Waals surface area contributed by atoms with Crippen molar-refractivity contribution in [1.29, 1.82) is 0 Å². The standard InChI is InChI=1S/C19H18N2O3S/c1-12-4-7-14(8-5-12)20-19-21-18(22)17(25-19)10-13-6-9-15(23-2)11-16(13)24-3/h4-11H,1-3H3,(H,20,21,22). The molecular weight excluding hydrogens is 336 g/mol. The third kappa shape index (κ3) is 4.03. The van der Waals surface area contributed by atoms with Gasteiger partial charge in [0.05, 0.1) is 24.8 Å². The molecule has 5 nitrogen and oxygen atoms in total. The Kier molecular flexibility index (Phi) is 5.09. The molecule has 2 aromatic rings. The van der Waals surface area contributed by atoms with Gasteiger partial charge >= 0.3 is 0 Å². The number of ether oxygens (including phenoxy) is 2. The average molecular weight is 354 g/mol. The van der Waals surface area contributed by atoms with Gasteiger partial charge in [0, 0.05) is 11.6 Å². The van der Waals surface area contributed by atoms with Crippen LogP contribution in [0.2, 0.25) is 0 Å². The van der Waals surface area contributed by atoms with Crippen LogP contribution in [0.1, 0.15) is 11.1 Å². The van der Waals surface area contributed by atoms with Crippen LogP contribution in [0, 0.1) is 6.92 Å². The first kappa shape index (κ1) is 17.1. The molecule has 1 amide bonds. The molecular formula is C19H18N2O3S. The number of nitrogens with one attached hydrogen (secondary N) is 1. The van der Waals surface area contributed by atoms with Crippen LogP contribution in [0.3, 0.4) is 0 Å². The molecule has 1 fully saturated rings. The summed E-state index contributed by atoms with van der Waals surface area (Å²) in [7, 11) is 3.18. The summed E-state index contributed by atoms with van der Waals surface area (Å²) in [6.45, 7) is 2.02. The van der Waals surface area contributed by atoms with E-state index in [9.17, 15) is 4.79 Å². The van der Waals surface area contributed by atoms with Crippen LogP contribution < -0.4 is 14.8 Å². The van der Waals surface area contributed by atoms with Crippen LogP contribution in [0.15, 0.2) is 52.4 Å². The van der Waals surface area contributed by atoms with Crippen LogP contribution >= 0.6 is 11.8 Å². The third-order valence-corrected chi connectivity index (χ3v) is 4.55. The third-order valence-electron chi connectivity index (χ3n) is 3.64. The molecule has 0 spiro atoms. The van der Waals surface area contributed by atoms with Gasteiger partial charge in [-0.1, -0.05) is 17.7 Å². The van der Waals surface area contributed by atoms with Crippen molar-refractivity contribution in [2.24, 2.45) is 4.99 Å². The van der Waals surface area contributed by atoms with E-state index in [4.69, 9.17) is 9.47 Å². The number of aliphatic imine (C=N–C) groups is 1. The fourth-order valence-electron chi connectivity index (χ4n) is 2.30. The number of hydrogen-bond donors (Lipinski definition) is 1. The smallest absolute Gasteiger partial charge is 0.264 e. The van der Waals surface area contributed by atoms with E-state index in [0.717, 1.165) is 11.3 Å². The predicted octanol–water partition coefficient (Wildman–Crippen LogP) is 3.90. The van der Waals surface area contributed by atoms with E-state index in [1.165, 1.54) is 17.3 Å². The van der Waals surface area contributed by atoms with Gasteiger partial charge in [0.2, 0.25) is 0 Å². The monoisotopic (exact) mass is 354 g/mol. The molecule has 0 radical (unpaired) electrons. The molecule has 3 rings (SSSR count). The van der Waals surface area contributed by atoms with Gasteiger partial charge in [-0.3, -0.25) is 4.79 Å². The molecule has 1 aliphatic heterocycles. The summed E-state index contributed by atoms with van der Waals surface area (Å²) in [6, 6.07) is 13.3. The lowest BCUT2D eigenvalue weighted by Crippen LogP contribution is -2.19. The number of benzene rings is 2. The van der Waals surface area contributed by atoms with Crippen LogP contribution in [-0.4, -0.2) is 25.3 Å². The van der Waals surface area contributed by atoms with E-state index in [2.05, 4.69) is 10.3 Å². The van der Waals surface area contributed by atoms with Crippen molar-refractivity contribution in [3.63, 3.8) is 0 Å². The van der Waals surface area contributed by atoms with Crippen molar-refractivity contribution in [2.45, 2.75) is 6.92 Å². The average Bonchev–Trinajstić information content (AvgIpc) is 2.96. The van der Waals surface area contributed by atoms with Gasteiger partial charge in [-0.2, -0.15) is 0 Å². The Morgan fingerprint density at radius 2 is 1.84 bits per heavy atom. The molecule has 1 heterocycles. The molecule has 0 saturated carbocycles. The highest BCUT2D eigenvalue weighted by Crippen LogP contribution is 2.32. The quantitative estimate of drug-likeness (QED) is 0.846. The lowest BCUT2D eigenvalue weighted by atomic mass is 10.1. The molecule has 1 N–H and O–H groups in total. The van der Waals surface area contributed by atoms with Crippen molar-refractivity contribution in [3.05, 3.63) is 58.5 Å². The van der Waals surface area contributed by atoms with Crippen molar-refractivity contribution in [2.75, 3.05) is 14.2 Å². The second-order valence-electron chi connectivity index (χ2n) is 5.43. The Morgan fingerprint density at radius 3 is 2.52 bits per heavy atom. The minimum Gasteiger partial charge on any atom is -0.497 e. The minimum absolute atomic E-state index is 0.172. The van der Waals surface area contributed by atoms with Gasteiger partial charge in [-0.15, -0.1) is 0 Å². The fourth-order valence-corrected chi connectivity index (χ4v) is 3.13. The molecule has 0 atom stereocenters. The molecule has 0 aromatic heterocycles. The zero-order chi connectivity index (χ0) is 17.8. The molecule has 0 aliphatic carbocycles. The summed E-state index contributed by atoms with van der Waals surface area (Å²) >= 11 is 1.31. The number of carbonyl (C=O) groups excluding carboxylic acids is 1. The van der Waals surface area contributed by atoms with Gasteiger partial charge in [0.25, 0.3) is 5.91 Å². The number of carbonyl (C=O) groups is 1. The second kappa shape index (κ2) is 7.44. The first-order valence-corrected chi connectivity index (χ1v) is 8.49. The molecule has 25 heavy (non-hydrogen) atoms. The van der Waals surface area contributed by atoms with Crippen molar-refractivity contribution < 1.29 is 14.3 Å². The molecule has 1 aliphatic rings. The number of aryl methyl sites for hydroxylation is 1. The van der Waals surface area contributed by atoms with Crippen molar-refractivity contribution in [1.82, 2.24) is 5.32 Å². The molecule has 6 heteroatoms. The van der Waals surface area contributed by atoms with Crippen LogP contribution in [-0.2, 0) is 4.79 Å². The van der Waals surface area contributed by atoms with Gasteiger partial charge in [-0.05, 0) is 49.0 Å². The Hall–Kier alpha value is -2.73. The number of methoxy groups -OCH3 is 2. The van der Waals surface area contributed by atoms with Gasteiger partial charge < -0.3 is 14.8 Å². The molecule has 128 valence electrons. The number of rotatable bonds is 4. The van der Waals surface area contributed by atoms with Crippen LogP contribution in [0.25, 0.3) is 6.08 Å². The highest BCUT2D eigenvalue weighted by atomic mass is 32.2. The lowest BCUT2D eigenvalue weighted by Gasteiger charge is -2.07. The van der Waals surface area contributed by atoms with Crippen molar-refractivity contribution >= 4 is 34.6 Å². The Labute approximate surface area is 150 Å². The topological polar surface area (TPSA) is 59.9 Å². The Morgan fingerprint density at radius 1 is 1.08 bits per heavy atom. The van der Waals surface area contributed by atoms with E-state index in [1.54, 1.807) is 26.4 Å². The fraction of sp³-hybridized carbons (Fsp3) is 0.158. The predicted molar refractivity (Wildman–Crippen MR) is 102 cm³/mol. The maximum absolute atomic E-state index is 12.2. The summed E-state index contributed by atoms with van der Waals surface area (Å²) in [5.41, 5.74) is 2.77. The largest absolute Gasteiger partial charge is 0.497 e. The van der Waals surface area contributed by atoms with Gasteiger partial charge in [0.15, 0.2) is 5.17 Å². The maximum atomic E-state index is 12.2. The van der Waals surface area contributed by atoms with E-state index < -0.39 is 0 Å². The summed E-state index contributed by atoms with van der Waals surface area (Å²) in [6.07, 6.45) is 1.79. The summed E-state index contributed by atoms with van der Waals surface area (Å²) in [5, 5.41) is 3.35. The highest BCUT2D eigenvalue weighted by Gasteiger charge is 2.24. The van der Waals surface area contributed by atoms with Gasteiger partial charge in [0.1, 0.15) is 11.5 Å². The Bertz CT molecular complexity index is 857. The van der Waals surface area contributed by atoms with E-state index in [-0.39, 0.29) is 5.91 Å². The van der Waals surface area contributed by atoms with Crippen molar-refractivity contribution in [3.8, 4) is 11.5 Å². The number of amidine groups is 1. The van der Waals surface area contributed by atoms with Crippen LogP contribution in [0.5, 0.6) is 11.5 Å². The van der Waals surface area contributed by atoms with Gasteiger partial charge in [-0.25, -0.2) is 4.99 Å². The van der Waals surface area contributed by atoms with Crippen LogP contribution in [0.4, 0.5) is 5.69 Å². The van der Waals surface area contributed by atoms with E-state index in [0.29, 0.717) is 21.6 Å². The maximum Gasteiger partial charge on any atom is 0.264 e. The number of hydrogen-bond acceptors (Lipinski definition) is 5. The minimum atomic E-state index is -0.172. The zero-order valence-electron chi connectivity index (χ0n) is 14.2. The molecule has 1 saturated heterocycles. The first-order valence-electron chi connectivity index (χ1n) is 7.67. The number of amides is 1. The summed E-state index contributed by atoms with van der Waals surface area (Å²) < 4.78 is 10.6. The summed E-state index contributed by atoms with van der Waals surface area (Å²) in [5.74, 6) is 1.17. The number of nitrogens with zero attached hydrogens (tertiary/aromatic N) is 1. The highest BCUT2D eigenvalue weighted by molar-refractivity contribution is 8.18. The SMILES string of the molecule is COc1ccc(C=C2SC(=Nc3ccc(C)cc3)NC2=O)c(OC)c1. The van der Waals surface area contributed by atoms with E-state index in [1.807, 2.05) is 43.3 Å². The Balaban J connectivity index is 1.85. The first-order chi connectivity index (χ1) is 12.1. The van der Waals surface area contributed by atoms with E-state index >= 15 is 0 Å². The molecule has 2 aromatic carbocycles. The number of thioether (sulfide) groups is 1. The normalized spacial score (nSPS) is 17.0. The molecule has 0 unspecified atom stereocenters.